The summed E-state index contributed by atoms with van der Waals surface area (Å²) in [6.07, 6.45) is 2.48. The van der Waals surface area contributed by atoms with E-state index in [1.807, 2.05) is 26.8 Å². The number of aromatic hydroxyl groups is 1. The van der Waals surface area contributed by atoms with Gasteiger partial charge in [-0.25, -0.2) is 14.3 Å². The molecule has 2 aromatic rings. The van der Waals surface area contributed by atoms with Gasteiger partial charge >= 0.3 is 5.69 Å². The van der Waals surface area contributed by atoms with Crippen molar-refractivity contribution in [2.75, 3.05) is 6.54 Å². The van der Waals surface area contributed by atoms with Gasteiger partial charge in [-0.05, 0) is 30.4 Å². The topological polar surface area (TPSA) is 104 Å². The Balaban J connectivity index is 1.75. The molecule has 1 amide bonds. The normalized spacial score (nSPS) is 20.3. The number of imidazole rings is 1. The minimum atomic E-state index is -0.339. The second-order valence-electron chi connectivity index (χ2n) is 8.86. The molecule has 0 radical (unpaired) electrons. The van der Waals surface area contributed by atoms with Crippen LogP contribution in [0, 0.1) is 23.7 Å². The highest BCUT2D eigenvalue weighted by molar-refractivity contribution is 5.78. The Morgan fingerprint density at radius 1 is 1.43 bits per heavy atom. The standard InChI is InChI=1S/C20H23N5O3/c1-11-5-12(9-22-14(11)8-21)25-18(27)17-15-6-13(24(17)19(25)28)10-23(15)16(26)7-20(2,3)4/h5,9,13,15,27H,6-7,10H2,1-4H3/t13-,15-/m0/s1. The van der Waals surface area contributed by atoms with E-state index in [4.69, 9.17) is 5.26 Å². The fourth-order valence-electron chi connectivity index (χ4n) is 4.31. The summed E-state index contributed by atoms with van der Waals surface area (Å²) in [4.78, 5) is 31.6. The highest BCUT2D eigenvalue weighted by Gasteiger charge is 2.49. The minimum Gasteiger partial charge on any atom is -0.493 e. The molecule has 4 rings (SSSR count). The van der Waals surface area contributed by atoms with Crippen molar-refractivity contribution in [1.29, 1.82) is 5.26 Å². The van der Waals surface area contributed by atoms with Gasteiger partial charge in [0, 0.05) is 13.0 Å². The molecule has 8 nitrogen and oxygen atoms in total. The summed E-state index contributed by atoms with van der Waals surface area (Å²) in [6, 6.07) is 3.23. The van der Waals surface area contributed by atoms with Crippen LogP contribution in [0.25, 0.3) is 5.69 Å². The minimum absolute atomic E-state index is 0.0433. The number of amides is 1. The first-order valence-corrected chi connectivity index (χ1v) is 9.35. The Morgan fingerprint density at radius 3 is 2.75 bits per heavy atom. The van der Waals surface area contributed by atoms with Crippen molar-refractivity contribution in [2.45, 2.75) is 52.6 Å². The number of carbonyl (C=O) groups excluding carboxylic acids is 1. The van der Waals surface area contributed by atoms with Crippen LogP contribution >= 0.6 is 0 Å². The van der Waals surface area contributed by atoms with Gasteiger partial charge in [0.15, 0.2) is 0 Å². The van der Waals surface area contributed by atoms with Crippen LogP contribution in [0.5, 0.6) is 5.88 Å². The fourth-order valence-corrected chi connectivity index (χ4v) is 4.31. The first kappa shape index (κ1) is 18.3. The van der Waals surface area contributed by atoms with Crippen molar-refractivity contribution in [1.82, 2.24) is 19.0 Å². The van der Waals surface area contributed by atoms with Crippen LogP contribution in [0.3, 0.4) is 0 Å². The van der Waals surface area contributed by atoms with E-state index in [1.54, 1.807) is 22.5 Å². The molecule has 1 fully saturated rings. The molecular formula is C20H23N5O3. The lowest BCUT2D eigenvalue weighted by Gasteiger charge is -2.30. The molecule has 1 N–H and O–H groups in total. The highest BCUT2D eigenvalue weighted by Crippen LogP contribution is 2.49. The Bertz CT molecular complexity index is 1080. The molecule has 2 bridgehead atoms. The molecule has 1 saturated heterocycles. The lowest BCUT2D eigenvalue weighted by Crippen LogP contribution is -2.39. The van der Waals surface area contributed by atoms with E-state index in [0.717, 1.165) is 0 Å². The van der Waals surface area contributed by atoms with E-state index in [9.17, 15) is 14.7 Å². The summed E-state index contributed by atoms with van der Waals surface area (Å²) in [6.45, 7) is 8.27. The van der Waals surface area contributed by atoms with Crippen LogP contribution in [0.2, 0.25) is 0 Å². The largest absolute Gasteiger partial charge is 0.493 e. The van der Waals surface area contributed by atoms with E-state index >= 15 is 0 Å². The number of carbonyl (C=O) groups is 1. The number of hydrogen-bond acceptors (Lipinski definition) is 5. The number of rotatable bonds is 2. The molecule has 2 aliphatic heterocycles. The van der Waals surface area contributed by atoms with Gasteiger partial charge in [0.1, 0.15) is 17.5 Å². The van der Waals surface area contributed by atoms with Gasteiger partial charge in [-0.2, -0.15) is 5.26 Å². The number of likely N-dealkylation sites (tertiary alicyclic amines) is 1. The summed E-state index contributed by atoms with van der Waals surface area (Å²) in [5.74, 6) is -0.113. The third kappa shape index (κ3) is 2.61. The third-order valence-corrected chi connectivity index (χ3v) is 5.49. The molecule has 0 spiro atoms. The van der Waals surface area contributed by atoms with Gasteiger partial charge < -0.3 is 10.0 Å². The highest BCUT2D eigenvalue weighted by atomic mass is 16.3. The van der Waals surface area contributed by atoms with Gasteiger partial charge in [0.2, 0.25) is 11.8 Å². The van der Waals surface area contributed by atoms with E-state index < -0.39 is 0 Å². The Morgan fingerprint density at radius 2 is 2.14 bits per heavy atom. The number of nitrogens with zero attached hydrogens (tertiary/aromatic N) is 5. The monoisotopic (exact) mass is 381 g/mol. The summed E-state index contributed by atoms with van der Waals surface area (Å²) >= 11 is 0. The number of nitriles is 1. The zero-order valence-corrected chi connectivity index (χ0v) is 16.4. The molecule has 0 aromatic carbocycles. The van der Waals surface area contributed by atoms with Gasteiger partial charge in [-0.1, -0.05) is 20.8 Å². The van der Waals surface area contributed by atoms with Crippen LogP contribution in [0.4, 0.5) is 0 Å². The number of fused-ring (bicyclic) bond motifs is 5. The predicted molar refractivity (Wildman–Crippen MR) is 101 cm³/mol. The second kappa shape index (κ2) is 5.96. The Hall–Kier alpha value is -3.08. The molecule has 0 unspecified atom stereocenters. The van der Waals surface area contributed by atoms with Crippen molar-refractivity contribution in [3.63, 3.8) is 0 Å². The van der Waals surface area contributed by atoms with Crippen molar-refractivity contribution in [3.05, 3.63) is 39.7 Å². The molecular weight excluding hydrogens is 358 g/mol. The zero-order chi connectivity index (χ0) is 20.4. The van der Waals surface area contributed by atoms with Crippen LogP contribution in [-0.2, 0) is 4.79 Å². The number of pyridine rings is 1. The van der Waals surface area contributed by atoms with Crippen LogP contribution in [-0.4, -0.2) is 36.6 Å². The Kier molecular flexibility index (Phi) is 3.89. The van der Waals surface area contributed by atoms with E-state index in [0.29, 0.717) is 36.3 Å². The summed E-state index contributed by atoms with van der Waals surface area (Å²) in [5, 5.41) is 19.9. The van der Waals surface area contributed by atoms with Gasteiger partial charge in [0.25, 0.3) is 0 Å². The first-order valence-electron chi connectivity index (χ1n) is 9.35. The number of aryl methyl sites for hydroxylation is 1. The van der Waals surface area contributed by atoms with Crippen LogP contribution in [0.1, 0.15) is 62.6 Å². The molecule has 0 saturated carbocycles. The average Bonchev–Trinajstić information content (AvgIpc) is 3.25. The van der Waals surface area contributed by atoms with Crippen LogP contribution in [0.15, 0.2) is 17.1 Å². The van der Waals surface area contributed by atoms with Gasteiger partial charge in [-0.3, -0.25) is 9.36 Å². The molecule has 8 heteroatoms. The molecule has 28 heavy (non-hydrogen) atoms. The lowest BCUT2D eigenvalue weighted by atomic mass is 9.91. The smallest absolute Gasteiger partial charge is 0.336 e. The molecule has 146 valence electrons. The van der Waals surface area contributed by atoms with E-state index in [-0.39, 0.29) is 40.7 Å². The SMILES string of the molecule is Cc1cc(-n2c(O)c3n(c2=O)[C@H]2C[C@@H]3N(C(=O)CC(C)(C)C)C2)cnc1C#N. The van der Waals surface area contributed by atoms with Crippen molar-refractivity contribution < 1.29 is 9.90 Å². The van der Waals surface area contributed by atoms with Gasteiger partial charge in [0.05, 0.1) is 24.0 Å². The fraction of sp³-hybridized carbons (Fsp3) is 0.500. The zero-order valence-electron chi connectivity index (χ0n) is 16.4. The third-order valence-electron chi connectivity index (χ3n) is 5.49. The Labute approximate surface area is 162 Å². The molecule has 2 aliphatic rings. The lowest BCUT2D eigenvalue weighted by molar-refractivity contribution is -0.134. The molecule has 2 aromatic heterocycles. The van der Waals surface area contributed by atoms with E-state index in [2.05, 4.69) is 4.98 Å². The molecule has 0 aliphatic carbocycles. The van der Waals surface area contributed by atoms with Crippen molar-refractivity contribution in [3.8, 4) is 17.6 Å². The summed E-state index contributed by atoms with van der Waals surface area (Å²) in [5.41, 5.74) is 1.34. The van der Waals surface area contributed by atoms with E-state index in [1.165, 1.54) is 10.8 Å². The average molecular weight is 381 g/mol. The quantitative estimate of drug-likeness (QED) is 0.859. The molecule has 4 heterocycles. The first-order chi connectivity index (χ1) is 13.1. The van der Waals surface area contributed by atoms with Gasteiger partial charge in [-0.15, -0.1) is 0 Å². The predicted octanol–water partition coefficient (Wildman–Crippen LogP) is 2.18. The molecule has 2 atom stereocenters. The van der Waals surface area contributed by atoms with Crippen molar-refractivity contribution >= 4 is 5.91 Å². The summed E-state index contributed by atoms with van der Waals surface area (Å²) < 4.78 is 2.82. The summed E-state index contributed by atoms with van der Waals surface area (Å²) in [7, 11) is 0. The second-order valence-corrected chi connectivity index (χ2v) is 8.86. The van der Waals surface area contributed by atoms with Crippen molar-refractivity contribution in [2.24, 2.45) is 5.41 Å². The number of hydrogen-bond donors (Lipinski definition) is 1. The maximum atomic E-state index is 13.0. The number of aromatic nitrogens is 3. The maximum absolute atomic E-state index is 13.0. The van der Waals surface area contributed by atoms with Crippen LogP contribution < -0.4 is 5.69 Å². The maximum Gasteiger partial charge on any atom is 0.336 e.